The Bertz CT molecular complexity index is 525. The molecule has 1 atom stereocenters. The number of nitrogens with zero attached hydrogens (tertiary/aromatic N) is 2. The Morgan fingerprint density at radius 2 is 1.95 bits per heavy atom. The number of rotatable bonds is 6. The third-order valence-corrected chi connectivity index (χ3v) is 4.39. The molecule has 0 saturated heterocycles. The van der Waals surface area contributed by atoms with Gasteiger partial charge in [0.05, 0.1) is 20.6 Å². The standard InChI is InChI=1S/C10H18N3O6S/c1-12-6-7(9(14)13(2)10(12)15)20(16,17)11-5-8(18-3)19-4/h6-8,11H,5H2,1-4H3/q+1. The van der Waals surface area contributed by atoms with Crippen molar-refractivity contribution < 1.29 is 32.1 Å². The highest BCUT2D eigenvalue weighted by Gasteiger charge is 2.46. The molecule has 114 valence electrons. The van der Waals surface area contributed by atoms with Gasteiger partial charge in [0.25, 0.3) is 0 Å². The first kappa shape index (κ1) is 16.7. The molecule has 1 heterocycles. The van der Waals surface area contributed by atoms with Gasteiger partial charge in [-0.15, -0.1) is 0 Å². The monoisotopic (exact) mass is 308 g/mol. The normalized spacial score (nSPS) is 20.6. The first-order valence-corrected chi connectivity index (χ1v) is 7.22. The molecule has 0 aromatic heterocycles. The van der Waals surface area contributed by atoms with Crippen molar-refractivity contribution >= 4 is 28.2 Å². The summed E-state index contributed by atoms with van der Waals surface area (Å²) < 4.78 is 37.2. The maximum absolute atomic E-state index is 12.1. The van der Waals surface area contributed by atoms with E-state index >= 15 is 0 Å². The maximum Gasteiger partial charge on any atom is 0.500 e. The summed E-state index contributed by atoms with van der Waals surface area (Å²) in [4.78, 5) is 24.1. The topological polar surface area (TPSA) is 105 Å². The fourth-order valence-electron chi connectivity index (χ4n) is 1.60. The Morgan fingerprint density at radius 3 is 2.45 bits per heavy atom. The Labute approximate surface area is 117 Å². The predicted molar refractivity (Wildman–Crippen MR) is 68.9 cm³/mol. The van der Waals surface area contributed by atoms with Gasteiger partial charge in [-0.25, -0.2) is 22.5 Å². The second kappa shape index (κ2) is 6.39. The van der Waals surface area contributed by atoms with Gasteiger partial charge in [-0.3, -0.25) is 0 Å². The molecule has 20 heavy (non-hydrogen) atoms. The molecule has 1 unspecified atom stereocenters. The van der Waals surface area contributed by atoms with Crippen molar-refractivity contribution in [2.45, 2.75) is 11.5 Å². The van der Waals surface area contributed by atoms with Gasteiger partial charge >= 0.3 is 11.9 Å². The van der Waals surface area contributed by atoms with E-state index in [9.17, 15) is 18.0 Å². The average Bonchev–Trinajstić information content (AvgIpc) is 2.41. The van der Waals surface area contributed by atoms with Crippen molar-refractivity contribution in [1.82, 2.24) is 9.62 Å². The molecular weight excluding hydrogens is 290 g/mol. The molecule has 0 aromatic carbocycles. The maximum atomic E-state index is 12.1. The van der Waals surface area contributed by atoms with E-state index in [1.54, 1.807) is 0 Å². The van der Waals surface area contributed by atoms with Crippen molar-refractivity contribution in [3.05, 3.63) is 0 Å². The lowest BCUT2D eigenvalue weighted by atomic mass is 10.3. The summed E-state index contributed by atoms with van der Waals surface area (Å²) in [6.07, 6.45) is 0.294. The van der Waals surface area contributed by atoms with E-state index in [2.05, 4.69) is 4.72 Å². The minimum absolute atomic E-state index is 0.145. The van der Waals surface area contributed by atoms with Crippen LogP contribution in [0.25, 0.3) is 0 Å². The minimum Gasteiger partial charge on any atom is -0.355 e. The van der Waals surface area contributed by atoms with Crippen LogP contribution in [0.3, 0.4) is 0 Å². The van der Waals surface area contributed by atoms with Gasteiger partial charge in [0, 0.05) is 14.2 Å². The Kier molecular flexibility index (Phi) is 5.34. The fraction of sp³-hybridized carbons (Fsp3) is 0.700. The van der Waals surface area contributed by atoms with Crippen LogP contribution in [0.2, 0.25) is 0 Å². The van der Waals surface area contributed by atoms with E-state index in [4.69, 9.17) is 9.47 Å². The molecule has 0 aromatic rings. The largest absolute Gasteiger partial charge is 0.500 e. The van der Waals surface area contributed by atoms with E-state index in [0.717, 1.165) is 15.7 Å². The van der Waals surface area contributed by atoms with E-state index in [0.29, 0.717) is 0 Å². The van der Waals surface area contributed by atoms with Crippen molar-refractivity contribution in [2.75, 3.05) is 34.9 Å². The van der Waals surface area contributed by atoms with E-state index in [1.165, 1.54) is 28.3 Å². The summed E-state index contributed by atoms with van der Waals surface area (Å²) in [7, 11) is 1.34. The van der Waals surface area contributed by atoms with Crippen LogP contribution in [0.1, 0.15) is 0 Å². The summed E-state index contributed by atoms with van der Waals surface area (Å²) in [5.41, 5.74) is 0. The molecule has 1 rings (SSSR count). The molecule has 10 heteroatoms. The first-order chi connectivity index (χ1) is 9.24. The summed E-state index contributed by atoms with van der Waals surface area (Å²) in [5, 5.41) is -1.47. The van der Waals surface area contributed by atoms with Crippen molar-refractivity contribution in [2.24, 2.45) is 0 Å². The minimum atomic E-state index is -3.99. The lowest BCUT2D eigenvalue weighted by molar-refractivity contribution is -0.399. The number of urea groups is 1. The highest BCUT2D eigenvalue weighted by molar-refractivity contribution is 7.91. The zero-order chi connectivity index (χ0) is 15.5. The number of hydrogen-bond acceptors (Lipinski definition) is 6. The molecule has 3 amide bonds. The zero-order valence-corrected chi connectivity index (χ0v) is 12.5. The van der Waals surface area contributed by atoms with Crippen LogP contribution in [0.4, 0.5) is 4.79 Å². The van der Waals surface area contributed by atoms with Crippen LogP contribution in [-0.2, 0) is 24.3 Å². The number of carbonyl (C=O) groups excluding carboxylic acids is 2. The zero-order valence-electron chi connectivity index (χ0n) is 11.7. The molecule has 1 aliphatic rings. The number of methoxy groups -OCH3 is 2. The first-order valence-electron chi connectivity index (χ1n) is 5.68. The van der Waals surface area contributed by atoms with Crippen LogP contribution in [0, 0.1) is 0 Å². The summed E-state index contributed by atoms with van der Waals surface area (Å²) in [6, 6.07) is -0.590. The number of carbonyl (C=O) groups is 2. The molecular formula is C10H18N3O6S+. The molecule has 9 nitrogen and oxygen atoms in total. The quantitative estimate of drug-likeness (QED) is 0.458. The highest BCUT2D eigenvalue weighted by Crippen LogP contribution is 2.08. The molecule has 0 fully saturated rings. The molecule has 0 radical (unpaired) electrons. The molecule has 0 spiro atoms. The van der Waals surface area contributed by atoms with Gasteiger partial charge in [0.15, 0.2) is 6.29 Å². The van der Waals surface area contributed by atoms with Crippen LogP contribution in [0.5, 0.6) is 0 Å². The number of ether oxygens (including phenoxy) is 2. The summed E-state index contributed by atoms with van der Waals surface area (Å²) >= 11 is 0. The number of sulfonamides is 1. The van der Waals surface area contributed by atoms with Gasteiger partial charge in [-0.2, -0.15) is 9.69 Å². The lowest BCUT2D eigenvalue weighted by Crippen LogP contribution is -2.56. The molecule has 0 bridgehead atoms. The number of nitrogens with one attached hydrogen (secondary N) is 1. The van der Waals surface area contributed by atoms with Gasteiger partial charge < -0.3 is 9.47 Å². The van der Waals surface area contributed by atoms with Gasteiger partial charge in [0.2, 0.25) is 15.3 Å². The average molecular weight is 308 g/mol. The molecule has 1 aliphatic heterocycles. The summed E-state index contributed by atoms with van der Waals surface area (Å²) in [5.74, 6) is -0.813. The number of imide groups is 1. The second-order valence-corrected chi connectivity index (χ2v) is 6.04. The number of hydrogen-bond donors (Lipinski definition) is 1. The number of amides is 3. The van der Waals surface area contributed by atoms with Crippen LogP contribution in [-0.4, -0.2) is 82.4 Å². The lowest BCUT2D eigenvalue weighted by Gasteiger charge is -2.20. The predicted octanol–water partition coefficient (Wildman–Crippen LogP) is -1.80. The van der Waals surface area contributed by atoms with E-state index < -0.39 is 33.5 Å². The van der Waals surface area contributed by atoms with Crippen molar-refractivity contribution in [3.63, 3.8) is 0 Å². The Hall–Kier alpha value is -1.36. The van der Waals surface area contributed by atoms with Crippen LogP contribution < -0.4 is 4.72 Å². The second-order valence-electron chi connectivity index (χ2n) is 4.15. The van der Waals surface area contributed by atoms with E-state index in [-0.39, 0.29) is 6.54 Å². The summed E-state index contributed by atoms with van der Waals surface area (Å²) in [6.45, 7) is -0.145. The van der Waals surface area contributed by atoms with Crippen LogP contribution in [0.15, 0.2) is 0 Å². The highest BCUT2D eigenvalue weighted by atomic mass is 32.2. The molecule has 1 N–H and O–H groups in total. The van der Waals surface area contributed by atoms with E-state index in [1.807, 2.05) is 0 Å². The Morgan fingerprint density at radius 1 is 1.40 bits per heavy atom. The van der Waals surface area contributed by atoms with Crippen LogP contribution >= 0.6 is 0 Å². The molecule has 0 saturated carbocycles. The van der Waals surface area contributed by atoms with Crippen molar-refractivity contribution in [1.29, 1.82) is 0 Å². The Balaban J connectivity index is 2.92. The van der Waals surface area contributed by atoms with Crippen molar-refractivity contribution in [3.8, 4) is 0 Å². The third kappa shape index (κ3) is 3.39. The third-order valence-electron chi connectivity index (χ3n) is 2.83. The van der Waals surface area contributed by atoms with Gasteiger partial charge in [0.1, 0.15) is 6.21 Å². The smallest absolute Gasteiger partial charge is 0.355 e. The SMILES string of the molecule is COC(CNS(=O)(=O)C1C=[N+](C)C(=O)N(C)C1=O)OC. The van der Waals surface area contributed by atoms with Gasteiger partial charge in [-0.1, -0.05) is 0 Å². The fourth-order valence-corrected chi connectivity index (χ4v) is 2.92. The molecule has 0 aliphatic carbocycles. The van der Waals surface area contributed by atoms with Gasteiger partial charge in [-0.05, 0) is 0 Å².